The van der Waals surface area contributed by atoms with Gasteiger partial charge in [0.15, 0.2) is 0 Å². The summed E-state index contributed by atoms with van der Waals surface area (Å²) in [6.45, 7) is 6.76. The summed E-state index contributed by atoms with van der Waals surface area (Å²) in [5.74, 6) is 1.00. The Bertz CT molecular complexity index is 1120. The third-order valence-electron chi connectivity index (χ3n) is 5.01. The molecule has 11 nitrogen and oxygen atoms in total. The topological polar surface area (TPSA) is 145 Å². The monoisotopic (exact) mass is 544 g/mol. The van der Waals surface area contributed by atoms with Gasteiger partial charge in [-0.25, -0.2) is 9.59 Å². The minimum absolute atomic E-state index is 0.0480. The summed E-state index contributed by atoms with van der Waals surface area (Å²) in [4.78, 5) is 35.7. The number of hydrogen-bond donors (Lipinski definition) is 2. The van der Waals surface area contributed by atoms with Crippen LogP contribution in [0, 0.1) is 0 Å². The van der Waals surface area contributed by atoms with Crippen LogP contribution in [0.4, 0.5) is 9.59 Å². The number of ether oxygens (including phenoxy) is 6. The van der Waals surface area contributed by atoms with E-state index in [1.165, 1.54) is 0 Å². The SMILES string of the molecule is COc1cc(C=Cc2ccc(OC(=O)OCCNC(=O)C(OC(N)=O)C(C)OC(C)(C)C)cc2)cc(OC)c1. The fraction of sp³-hybridized carbons (Fsp3) is 0.393. The number of carbonyl (C=O) groups excluding carboxylic acids is 3. The van der Waals surface area contributed by atoms with Gasteiger partial charge in [0, 0.05) is 6.07 Å². The Labute approximate surface area is 228 Å². The molecule has 0 heterocycles. The van der Waals surface area contributed by atoms with Gasteiger partial charge in [0.25, 0.3) is 5.91 Å². The zero-order valence-electron chi connectivity index (χ0n) is 23.0. The molecule has 0 aliphatic heterocycles. The van der Waals surface area contributed by atoms with Gasteiger partial charge in [-0.2, -0.15) is 0 Å². The number of nitrogens with one attached hydrogen (secondary N) is 1. The number of carbonyl (C=O) groups is 3. The molecule has 0 radical (unpaired) electrons. The molecule has 0 aliphatic rings. The van der Waals surface area contributed by atoms with Gasteiger partial charge < -0.3 is 39.5 Å². The number of nitrogens with two attached hydrogens (primary N) is 1. The lowest BCUT2D eigenvalue weighted by atomic mass is 10.1. The van der Waals surface area contributed by atoms with Gasteiger partial charge in [-0.3, -0.25) is 4.79 Å². The lowest BCUT2D eigenvalue weighted by Gasteiger charge is -2.29. The highest BCUT2D eigenvalue weighted by Gasteiger charge is 2.32. The van der Waals surface area contributed by atoms with Gasteiger partial charge in [-0.1, -0.05) is 24.3 Å². The van der Waals surface area contributed by atoms with Crippen molar-refractivity contribution in [2.75, 3.05) is 27.4 Å². The van der Waals surface area contributed by atoms with E-state index >= 15 is 0 Å². The second-order valence-electron chi connectivity index (χ2n) is 9.33. The van der Waals surface area contributed by atoms with Crippen molar-refractivity contribution in [1.82, 2.24) is 5.32 Å². The van der Waals surface area contributed by atoms with Crippen LogP contribution in [0.3, 0.4) is 0 Å². The summed E-state index contributed by atoms with van der Waals surface area (Å²) in [7, 11) is 3.17. The van der Waals surface area contributed by atoms with Crippen LogP contribution in [0.5, 0.6) is 17.2 Å². The first-order chi connectivity index (χ1) is 18.4. The molecular formula is C28H36N2O9. The molecule has 0 bridgehead atoms. The highest BCUT2D eigenvalue weighted by molar-refractivity contribution is 5.83. The molecule has 0 saturated carbocycles. The van der Waals surface area contributed by atoms with Crippen LogP contribution in [0.15, 0.2) is 42.5 Å². The second kappa shape index (κ2) is 14.6. The number of benzene rings is 2. The highest BCUT2D eigenvalue weighted by atomic mass is 16.7. The fourth-order valence-electron chi connectivity index (χ4n) is 3.41. The van der Waals surface area contributed by atoms with E-state index in [0.29, 0.717) is 11.5 Å². The van der Waals surface area contributed by atoms with E-state index in [9.17, 15) is 14.4 Å². The summed E-state index contributed by atoms with van der Waals surface area (Å²) in [6.07, 6.45) is -0.293. The number of primary amides is 1. The molecule has 0 aliphatic carbocycles. The Morgan fingerprint density at radius 2 is 1.51 bits per heavy atom. The van der Waals surface area contributed by atoms with Crippen LogP contribution in [0.25, 0.3) is 12.2 Å². The van der Waals surface area contributed by atoms with E-state index < -0.39 is 36.0 Å². The molecule has 2 amide bonds. The lowest BCUT2D eigenvalue weighted by Crippen LogP contribution is -2.48. The minimum atomic E-state index is -1.27. The molecule has 3 N–H and O–H groups in total. The predicted molar refractivity (Wildman–Crippen MR) is 145 cm³/mol. The maximum absolute atomic E-state index is 12.5. The third kappa shape index (κ3) is 11.3. The van der Waals surface area contributed by atoms with E-state index in [1.807, 2.05) is 24.3 Å². The first kappa shape index (κ1) is 31.0. The smallest absolute Gasteiger partial charge is 0.497 e. The van der Waals surface area contributed by atoms with E-state index in [4.69, 9.17) is 34.2 Å². The summed E-state index contributed by atoms with van der Waals surface area (Å²) in [5.41, 5.74) is 6.27. The van der Waals surface area contributed by atoms with Crippen LogP contribution < -0.4 is 25.3 Å². The van der Waals surface area contributed by atoms with Crippen LogP contribution >= 0.6 is 0 Å². The lowest BCUT2D eigenvalue weighted by molar-refractivity contribution is -0.146. The molecule has 0 aromatic heterocycles. The molecule has 0 spiro atoms. The van der Waals surface area contributed by atoms with E-state index in [1.54, 1.807) is 72.2 Å². The zero-order valence-corrected chi connectivity index (χ0v) is 23.0. The van der Waals surface area contributed by atoms with Crippen molar-refractivity contribution in [1.29, 1.82) is 0 Å². The Kier molecular flexibility index (Phi) is 11.6. The predicted octanol–water partition coefficient (Wildman–Crippen LogP) is 4.17. The summed E-state index contributed by atoms with van der Waals surface area (Å²) in [6, 6.07) is 12.3. The van der Waals surface area contributed by atoms with Crippen molar-refractivity contribution in [2.45, 2.75) is 45.5 Å². The first-order valence-corrected chi connectivity index (χ1v) is 12.2. The van der Waals surface area contributed by atoms with E-state index in [-0.39, 0.29) is 18.9 Å². The average molecular weight is 545 g/mol. The number of methoxy groups -OCH3 is 2. The number of amides is 2. The van der Waals surface area contributed by atoms with Crippen LogP contribution in [0.1, 0.15) is 38.8 Å². The summed E-state index contributed by atoms with van der Waals surface area (Å²) < 4.78 is 31.3. The first-order valence-electron chi connectivity index (χ1n) is 12.2. The van der Waals surface area contributed by atoms with Crippen molar-refractivity contribution in [3.63, 3.8) is 0 Å². The minimum Gasteiger partial charge on any atom is -0.497 e. The van der Waals surface area contributed by atoms with Gasteiger partial charge in [-0.05, 0) is 63.1 Å². The Balaban J connectivity index is 1.82. The highest BCUT2D eigenvalue weighted by Crippen LogP contribution is 2.24. The molecule has 0 saturated heterocycles. The van der Waals surface area contributed by atoms with Crippen LogP contribution in [0.2, 0.25) is 0 Å². The van der Waals surface area contributed by atoms with Crippen LogP contribution in [-0.4, -0.2) is 63.3 Å². The molecule has 212 valence electrons. The van der Waals surface area contributed by atoms with Gasteiger partial charge in [0.2, 0.25) is 6.10 Å². The van der Waals surface area contributed by atoms with Crippen molar-refractivity contribution >= 4 is 30.3 Å². The summed E-state index contributed by atoms with van der Waals surface area (Å²) >= 11 is 0. The second-order valence-corrected chi connectivity index (χ2v) is 9.33. The molecule has 2 unspecified atom stereocenters. The molecule has 39 heavy (non-hydrogen) atoms. The third-order valence-corrected chi connectivity index (χ3v) is 5.01. The van der Waals surface area contributed by atoms with Crippen molar-refractivity contribution < 1.29 is 42.8 Å². The molecule has 0 fully saturated rings. The van der Waals surface area contributed by atoms with E-state index in [2.05, 4.69) is 5.32 Å². The molecule has 2 aromatic rings. The van der Waals surface area contributed by atoms with E-state index in [0.717, 1.165) is 11.1 Å². The number of rotatable bonds is 12. The normalized spacial score (nSPS) is 12.8. The molecule has 2 rings (SSSR count). The van der Waals surface area contributed by atoms with Crippen molar-refractivity contribution in [3.05, 3.63) is 53.6 Å². The van der Waals surface area contributed by atoms with Gasteiger partial charge in [-0.15, -0.1) is 0 Å². The molecule has 2 aromatic carbocycles. The Morgan fingerprint density at radius 3 is 2.05 bits per heavy atom. The Hall–Kier alpha value is -4.25. The van der Waals surface area contributed by atoms with Gasteiger partial charge in [0.05, 0.1) is 26.4 Å². The number of hydrogen-bond acceptors (Lipinski definition) is 9. The maximum Gasteiger partial charge on any atom is 0.513 e. The van der Waals surface area contributed by atoms with Crippen molar-refractivity contribution in [3.8, 4) is 17.2 Å². The van der Waals surface area contributed by atoms with Crippen molar-refractivity contribution in [2.24, 2.45) is 5.73 Å². The molecule has 11 heteroatoms. The molecule has 2 atom stereocenters. The standard InChI is InChI=1S/C28H36N2O9/c1-18(39-28(2,3)4)24(38-26(29)32)25(31)30-13-14-36-27(33)37-21-11-9-19(10-12-21)7-8-20-15-22(34-5)17-23(16-20)35-6/h7-12,15-18,24H,13-14H2,1-6H3,(H2,29,32)(H,30,31). The van der Waals surface area contributed by atoms with Crippen LogP contribution in [-0.2, 0) is 19.0 Å². The molecular weight excluding hydrogens is 508 g/mol. The zero-order chi connectivity index (χ0) is 29.0. The average Bonchev–Trinajstić information content (AvgIpc) is 2.87. The quantitative estimate of drug-likeness (QED) is 0.174. The van der Waals surface area contributed by atoms with Gasteiger partial charge >= 0.3 is 12.2 Å². The van der Waals surface area contributed by atoms with Gasteiger partial charge in [0.1, 0.15) is 30.0 Å². The largest absolute Gasteiger partial charge is 0.513 e. The summed E-state index contributed by atoms with van der Waals surface area (Å²) in [5, 5.41) is 2.52. The Morgan fingerprint density at radius 1 is 0.923 bits per heavy atom. The maximum atomic E-state index is 12.5. The fourth-order valence-corrected chi connectivity index (χ4v) is 3.41.